The standard InChI is InChI=1S/C30H47BN2.2CH4/c1-20(2)17-23-9-12-28(5)24(18-23)7-8-25-26(28)10-13-29(6)27(25)11-14-30(29,31)21(3)19-33-16-15-32-22(33)4;;/h15-16,20,23-27H,3,7-14,17-19H2,1-2,4-6H3;2*1H4. The minimum Gasteiger partial charge on any atom is -0.331 e. The molecule has 2 nitrogen and oxygen atoms in total. The van der Waals surface area contributed by atoms with Gasteiger partial charge < -0.3 is 4.57 Å². The fourth-order valence-electron chi connectivity index (χ4n) is 9.80. The first-order valence-electron chi connectivity index (χ1n) is 14.0. The van der Waals surface area contributed by atoms with Crippen molar-refractivity contribution in [3.63, 3.8) is 0 Å². The van der Waals surface area contributed by atoms with Crippen molar-refractivity contribution in [1.29, 1.82) is 0 Å². The first-order valence-corrected chi connectivity index (χ1v) is 14.0. The van der Waals surface area contributed by atoms with Crippen LogP contribution in [0.15, 0.2) is 24.5 Å². The van der Waals surface area contributed by atoms with Crippen LogP contribution in [0.2, 0.25) is 5.31 Å². The van der Waals surface area contributed by atoms with Crippen LogP contribution >= 0.6 is 0 Å². The lowest BCUT2D eigenvalue weighted by molar-refractivity contribution is -0.115. The summed E-state index contributed by atoms with van der Waals surface area (Å²) in [4.78, 5) is 4.42. The van der Waals surface area contributed by atoms with Crippen LogP contribution in [0.25, 0.3) is 0 Å². The maximum absolute atomic E-state index is 7.38. The Kier molecular flexibility index (Phi) is 8.21. The molecule has 0 bridgehead atoms. The molecular weight excluding hydrogens is 423 g/mol. The van der Waals surface area contributed by atoms with Crippen LogP contribution in [0.1, 0.15) is 113 Å². The molecule has 4 fully saturated rings. The molecule has 0 N–H and O–H groups in total. The van der Waals surface area contributed by atoms with Crippen LogP contribution in [-0.2, 0) is 6.54 Å². The average Bonchev–Trinajstić information content (AvgIpc) is 3.28. The normalized spacial score (nSPS) is 42.3. The zero-order valence-electron chi connectivity index (χ0n) is 22.1. The van der Waals surface area contributed by atoms with Crippen molar-refractivity contribution in [3.8, 4) is 0 Å². The monoisotopic (exact) mass is 478 g/mol. The number of hydrogen-bond donors (Lipinski definition) is 0. The van der Waals surface area contributed by atoms with Crippen molar-refractivity contribution in [3.05, 3.63) is 30.4 Å². The summed E-state index contributed by atoms with van der Waals surface area (Å²) in [7, 11) is 7.38. The minimum absolute atomic E-state index is 0. The molecule has 3 heteroatoms. The van der Waals surface area contributed by atoms with E-state index < -0.39 is 0 Å². The van der Waals surface area contributed by atoms with Gasteiger partial charge in [0.05, 0.1) is 7.85 Å². The van der Waals surface area contributed by atoms with Crippen LogP contribution in [0.3, 0.4) is 0 Å². The number of allylic oxidation sites excluding steroid dienone is 1. The molecule has 8 atom stereocenters. The van der Waals surface area contributed by atoms with Crippen LogP contribution in [0, 0.1) is 53.3 Å². The van der Waals surface area contributed by atoms with E-state index in [1.54, 1.807) is 0 Å². The molecule has 0 aromatic carbocycles. The van der Waals surface area contributed by atoms with E-state index in [0.717, 1.165) is 54.3 Å². The summed E-state index contributed by atoms with van der Waals surface area (Å²) in [6, 6.07) is 0. The summed E-state index contributed by atoms with van der Waals surface area (Å²) in [5.74, 6) is 6.41. The molecule has 4 saturated carbocycles. The van der Waals surface area contributed by atoms with Gasteiger partial charge in [0.25, 0.3) is 0 Å². The van der Waals surface area contributed by atoms with Crippen molar-refractivity contribution in [1.82, 2.24) is 9.55 Å². The molecule has 8 unspecified atom stereocenters. The molecule has 1 heterocycles. The Bertz CT molecular complexity index is 888. The van der Waals surface area contributed by atoms with E-state index in [1.807, 2.05) is 6.20 Å². The van der Waals surface area contributed by atoms with Crippen LogP contribution < -0.4 is 0 Å². The number of hydrogen-bond acceptors (Lipinski definition) is 1. The number of aromatic nitrogens is 2. The molecule has 196 valence electrons. The third-order valence-corrected chi connectivity index (χ3v) is 11.8. The van der Waals surface area contributed by atoms with Crippen molar-refractivity contribution < 1.29 is 0 Å². The third-order valence-electron chi connectivity index (χ3n) is 11.8. The van der Waals surface area contributed by atoms with Crippen LogP contribution in [0.4, 0.5) is 0 Å². The zero-order chi connectivity index (χ0) is 23.6. The topological polar surface area (TPSA) is 17.8 Å². The van der Waals surface area contributed by atoms with Gasteiger partial charge in [0, 0.05) is 18.9 Å². The summed E-state index contributed by atoms with van der Waals surface area (Å²) in [5, 5.41) is -0.244. The van der Waals surface area contributed by atoms with E-state index in [9.17, 15) is 0 Å². The molecule has 0 spiro atoms. The second kappa shape index (κ2) is 10.1. The van der Waals surface area contributed by atoms with E-state index in [1.165, 1.54) is 63.4 Å². The molecule has 1 aromatic heterocycles. The Morgan fingerprint density at radius 2 is 1.80 bits per heavy atom. The fraction of sp³-hybridized carbons (Fsp3) is 0.844. The molecule has 35 heavy (non-hydrogen) atoms. The molecule has 4 aliphatic carbocycles. The van der Waals surface area contributed by atoms with Gasteiger partial charge in [-0.2, -0.15) is 0 Å². The lowest BCUT2D eigenvalue weighted by Crippen LogP contribution is -2.54. The number of aryl methyl sites for hydroxylation is 1. The smallest absolute Gasteiger partial charge is 0.105 e. The highest BCUT2D eigenvalue weighted by molar-refractivity contribution is 6.18. The SMILES string of the molecule is C.C.[B]C1(C(=C)Cn2ccnc2C)CCC2C3CCC4CC(CC(C)C)CCC4(C)C3CCC21C. The molecule has 0 saturated heterocycles. The highest BCUT2D eigenvalue weighted by Crippen LogP contribution is 2.73. The Balaban J connectivity index is 0.00000171. The van der Waals surface area contributed by atoms with E-state index >= 15 is 0 Å². The maximum atomic E-state index is 7.38. The van der Waals surface area contributed by atoms with Gasteiger partial charge in [0.15, 0.2) is 0 Å². The molecule has 0 amide bonds. The van der Waals surface area contributed by atoms with E-state index in [0.29, 0.717) is 5.41 Å². The highest BCUT2D eigenvalue weighted by Gasteiger charge is 2.63. The zero-order valence-corrected chi connectivity index (χ0v) is 22.1. The van der Waals surface area contributed by atoms with Crippen molar-refractivity contribution in [2.45, 2.75) is 126 Å². The predicted octanol–water partition coefficient (Wildman–Crippen LogP) is 9.05. The summed E-state index contributed by atoms with van der Waals surface area (Å²) < 4.78 is 2.22. The molecule has 0 aliphatic heterocycles. The van der Waals surface area contributed by atoms with E-state index in [2.05, 4.69) is 56.9 Å². The van der Waals surface area contributed by atoms with Crippen molar-refractivity contribution >= 4 is 7.85 Å². The second-order valence-electron chi connectivity index (χ2n) is 13.6. The molecule has 5 rings (SSSR count). The lowest BCUT2D eigenvalue weighted by Gasteiger charge is -2.62. The van der Waals surface area contributed by atoms with E-state index in [-0.39, 0.29) is 25.6 Å². The summed E-state index contributed by atoms with van der Waals surface area (Å²) in [5.41, 5.74) is 1.99. The first kappa shape index (κ1) is 28.6. The third kappa shape index (κ3) is 4.39. The van der Waals surface area contributed by atoms with Gasteiger partial charge in [0.1, 0.15) is 5.82 Å². The highest BCUT2D eigenvalue weighted by atomic mass is 15.1. The molecule has 1 aromatic rings. The van der Waals surface area contributed by atoms with Gasteiger partial charge in [-0.05, 0) is 116 Å². The number of nitrogens with zero attached hydrogens (tertiary/aromatic N) is 2. The fourth-order valence-corrected chi connectivity index (χ4v) is 9.80. The quantitative estimate of drug-likeness (QED) is 0.305. The summed E-state index contributed by atoms with van der Waals surface area (Å²) >= 11 is 0. The van der Waals surface area contributed by atoms with Gasteiger partial charge in [-0.1, -0.05) is 61.1 Å². The largest absolute Gasteiger partial charge is 0.331 e. The Morgan fingerprint density at radius 3 is 2.46 bits per heavy atom. The lowest BCUT2D eigenvalue weighted by atomic mass is 9.40. The minimum atomic E-state index is -0.244. The average molecular weight is 479 g/mol. The first-order chi connectivity index (χ1) is 15.6. The van der Waals surface area contributed by atoms with E-state index in [4.69, 9.17) is 7.85 Å². The van der Waals surface area contributed by atoms with Gasteiger partial charge in [0.2, 0.25) is 0 Å². The Labute approximate surface area is 219 Å². The Morgan fingerprint density at radius 1 is 1.09 bits per heavy atom. The van der Waals surface area contributed by atoms with Gasteiger partial charge in [-0.15, -0.1) is 0 Å². The van der Waals surface area contributed by atoms with Gasteiger partial charge in [-0.3, -0.25) is 0 Å². The van der Waals surface area contributed by atoms with Crippen molar-refractivity contribution in [2.75, 3.05) is 0 Å². The number of fused-ring (bicyclic) bond motifs is 5. The van der Waals surface area contributed by atoms with Crippen molar-refractivity contribution in [2.24, 2.45) is 46.3 Å². The van der Waals surface area contributed by atoms with Gasteiger partial charge >= 0.3 is 0 Å². The second-order valence-corrected chi connectivity index (χ2v) is 13.6. The molecule has 2 radical (unpaired) electrons. The molecular formula is C32H55BN2. The van der Waals surface area contributed by atoms with Gasteiger partial charge in [-0.25, -0.2) is 4.98 Å². The number of rotatable bonds is 5. The molecule has 4 aliphatic rings. The summed E-state index contributed by atoms with van der Waals surface area (Å²) in [6.07, 6.45) is 17.8. The number of imidazole rings is 1. The Hall–Kier alpha value is -0.985. The van der Waals surface area contributed by atoms with Crippen LogP contribution in [-0.4, -0.2) is 17.4 Å². The summed E-state index contributed by atoms with van der Waals surface area (Å²) in [6.45, 7) is 17.6. The van der Waals surface area contributed by atoms with Crippen LogP contribution in [0.5, 0.6) is 0 Å². The predicted molar refractivity (Wildman–Crippen MR) is 153 cm³/mol. The maximum Gasteiger partial charge on any atom is 0.105 e.